The second-order valence-corrected chi connectivity index (χ2v) is 9.34. The molecule has 1 aliphatic rings. The lowest BCUT2D eigenvalue weighted by atomic mass is 10.0. The lowest BCUT2D eigenvalue weighted by Gasteiger charge is -2.32. The van der Waals surface area contributed by atoms with E-state index in [9.17, 15) is 27.2 Å². The van der Waals surface area contributed by atoms with Gasteiger partial charge in [-0.15, -0.1) is 0 Å². The van der Waals surface area contributed by atoms with E-state index >= 15 is 0 Å². The number of ether oxygens (including phenoxy) is 1. The van der Waals surface area contributed by atoms with Gasteiger partial charge in [0.25, 0.3) is 5.91 Å². The third-order valence-corrected chi connectivity index (χ3v) is 6.36. The molecule has 0 aromatic heterocycles. The van der Waals surface area contributed by atoms with Gasteiger partial charge in [0, 0.05) is 10.6 Å². The van der Waals surface area contributed by atoms with Crippen LogP contribution < -0.4 is 4.90 Å². The van der Waals surface area contributed by atoms with Crippen molar-refractivity contribution in [2.24, 2.45) is 4.99 Å². The highest BCUT2D eigenvalue weighted by Gasteiger charge is 2.44. The zero-order valence-corrected chi connectivity index (χ0v) is 20.1. The van der Waals surface area contributed by atoms with Crippen molar-refractivity contribution in [3.63, 3.8) is 0 Å². The molecule has 6 nitrogen and oxygen atoms in total. The molecule has 2 aromatic carbocycles. The second-order valence-electron chi connectivity index (χ2n) is 8.30. The molecule has 0 aliphatic carbocycles. The highest BCUT2D eigenvalue weighted by Crippen LogP contribution is 2.39. The van der Waals surface area contributed by atoms with Gasteiger partial charge in [-0.1, -0.05) is 18.7 Å². The Labute approximate surface area is 203 Å². The lowest BCUT2D eigenvalue weighted by molar-refractivity contribution is -0.138. The monoisotopic (exact) mass is 507 g/mol. The summed E-state index contributed by atoms with van der Waals surface area (Å²) in [7, 11) is 0. The number of aliphatic imine (C=N–C) groups is 1. The van der Waals surface area contributed by atoms with E-state index in [2.05, 4.69) is 4.99 Å². The summed E-state index contributed by atoms with van der Waals surface area (Å²) >= 11 is 0.769. The van der Waals surface area contributed by atoms with Crippen molar-refractivity contribution < 1.29 is 31.9 Å². The van der Waals surface area contributed by atoms with Crippen LogP contribution in [0.15, 0.2) is 46.3 Å². The van der Waals surface area contributed by atoms with Crippen molar-refractivity contribution in [3.8, 4) is 6.07 Å². The van der Waals surface area contributed by atoms with Crippen molar-refractivity contribution in [2.45, 2.75) is 56.8 Å². The van der Waals surface area contributed by atoms with E-state index in [-0.39, 0.29) is 21.3 Å². The standard InChI is InChI=1S/C24H21F4N3O3S/c1-5-13(2)34-20(32)17-9-7-15(10-19(17)25)31-22(30-21(33)23(31,3)4)35-16-8-6-14(12-29)18(11-16)24(26,27)28/h6-11,13H,5H2,1-4H3. The average molecular weight is 508 g/mol. The van der Waals surface area contributed by atoms with E-state index in [1.807, 2.05) is 6.92 Å². The SMILES string of the molecule is CCC(C)OC(=O)c1ccc(N2C(Sc3ccc(C#N)c(C(F)(F)F)c3)=NC(=O)C2(C)C)cc1F. The zero-order valence-electron chi connectivity index (χ0n) is 19.2. The molecule has 1 aliphatic heterocycles. The summed E-state index contributed by atoms with van der Waals surface area (Å²) in [5.74, 6) is -2.29. The molecule has 3 rings (SSSR count). The number of nitrogens with zero attached hydrogens (tertiary/aromatic N) is 3. The van der Waals surface area contributed by atoms with Gasteiger partial charge in [0.05, 0.1) is 28.9 Å². The predicted molar refractivity (Wildman–Crippen MR) is 123 cm³/mol. The van der Waals surface area contributed by atoms with Crippen LogP contribution in [0, 0.1) is 17.1 Å². The smallest absolute Gasteiger partial charge is 0.417 e. The van der Waals surface area contributed by atoms with E-state index in [1.54, 1.807) is 6.92 Å². The number of amides is 1. The number of carbonyl (C=O) groups is 2. The van der Waals surface area contributed by atoms with Crippen LogP contribution in [0.5, 0.6) is 0 Å². The molecular formula is C24H21F4N3O3S. The fraction of sp³-hybridized carbons (Fsp3) is 0.333. The molecule has 0 saturated carbocycles. The van der Waals surface area contributed by atoms with E-state index in [0.29, 0.717) is 6.42 Å². The summed E-state index contributed by atoms with van der Waals surface area (Å²) in [5.41, 5.74) is -3.03. The molecule has 0 N–H and O–H groups in total. The summed E-state index contributed by atoms with van der Waals surface area (Å²) in [4.78, 5) is 30.3. The maximum atomic E-state index is 14.9. The number of benzene rings is 2. The van der Waals surface area contributed by atoms with Gasteiger partial charge in [-0.2, -0.15) is 23.4 Å². The number of thioether (sulfide) groups is 1. The number of amidine groups is 1. The molecule has 0 radical (unpaired) electrons. The number of nitriles is 1. The summed E-state index contributed by atoms with van der Waals surface area (Å²) in [6, 6.07) is 8.33. The maximum absolute atomic E-state index is 14.9. The minimum absolute atomic E-state index is 0.0205. The van der Waals surface area contributed by atoms with Gasteiger partial charge in [0.1, 0.15) is 11.4 Å². The Morgan fingerprint density at radius 3 is 2.51 bits per heavy atom. The molecule has 0 saturated heterocycles. The Morgan fingerprint density at radius 1 is 1.26 bits per heavy atom. The summed E-state index contributed by atoms with van der Waals surface area (Å²) in [6.07, 6.45) is -4.60. The Morgan fingerprint density at radius 2 is 1.94 bits per heavy atom. The fourth-order valence-corrected chi connectivity index (χ4v) is 4.35. The molecule has 0 bridgehead atoms. The molecule has 1 amide bonds. The van der Waals surface area contributed by atoms with Crippen LogP contribution in [-0.4, -0.2) is 28.7 Å². The number of halogens is 4. The molecule has 184 valence electrons. The van der Waals surface area contributed by atoms with Crippen molar-refractivity contribution in [1.82, 2.24) is 0 Å². The topological polar surface area (TPSA) is 82.8 Å². The first-order valence-corrected chi connectivity index (χ1v) is 11.3. The van der Waals surface area contributed by atoms with Crippen molar-refractivity contribution in [2.75, 3.05) is 4.90 Å². The van der Waals surface area contributed by atoms with Crippen LogP contribution in [0.4, 0.5) is 23.2 Å². The Kier molecular flexibility index (Phi) is 7.26. The normalized spacial score (nSPS) is 16.0. The first kappa shape index (κ1) is 26.2. The number of hydrogen-bond donors (Lipinski definition) is 0. The Balaban J connectivity index is 1.97. The fourth-order valence-electron chi connectivity index (χ4n) is 3.27. The molecule has 35 heavy (non-hydrogen) atoms. The maximum Gasteiger partial charge on any atom is 0.417 e. The van der Waals surface area contributed by atoms with Crippen molar-refractivity contribution in [1.29, 1.82) is 5.26 Å². The highest BCUT2D eigenvalue weighted by atomic mass is 32.2. The first-order chi connectivity index (χ1) is 16.3. The predicted octanol–water partition coefficient (Wildman–Crippen LogP) is 5.94. The number of hydrogen-bond acceptors (Lipinski definition) is 6. The van der Waals surface area contributed by atoms with Gasteiger partial charge >= 0.3 is 12.1 Å². The number of rotatable bonds is 5. The molecule has 11 heteroatoms. The third kappa shape index (κ3) is 5.32. The van der Waals surface area contributed by atoms with Crippen LogP contribution in [0.1, 0.15) is 55.6 Å². The molecule has 1 atom stereocenters. The Bertz CT molecular complexity index is 1250. The van der Waals surface area contributed by atoms with Gasteiger partial charge in [-0.25, -0.2) is 9.18 Å². The van der Waals surface area contributed by atoms with E-state index in [4.69, 9.17) is 10.00 Å². The highest BCUT2D eigenvalue weighted by molar-refractivity contribution is 8.14. The minimum atomic E-state index is -4.75. The van der Waals surface area contributed by atoms with E-state index in [1.165, 1.54) is 43.0 Å². The quantitative estimate of drug-likeness (QED) is 0.368. The van der Waals surface area contributed by atoms with Crippen LogP contribution in [0.25, 0.3) is 0 Å². The van der Waals surface area contributed by atoms with Crippen LogP contribution in [-0.2, 0) is 15.7 Å². The van der Waals surface area contributed by atoms with Crippen LogP contribution in [0.2, 0.25) is 0 Å². The van der Waals surface area contributed by atoms with E-state index < -0.39 is 46.6 Å². The van der Waals surface area contributed by atoms with Crippen molar-refractivity contribution >= 4 is 34.5 Å². The van der Waals surface area contributed by atoms with Gasteiger partial charge in [0.2, 0.25) is 0 Å². The van der Waals surface area contributed by atoms with Crippen LogP contribution >= 0.6 is 11.8 Å². The minimum Gasteiger partial charge on any atom is -0.459 e. The molecular weight excluding hydrogens is 486 g/mol. The zero-order chi connectivity index (χ0) is 26.1. The van der Waals surface area contributed by atoms with Crippen LogP contribution in [0.3, 0.4) is 0 Å². The van der Waals surface area contributed by atoms with Gasteiger partial charge in [-0.05, 0) is 63.6 Å². The molecule has 2 aromatic rings. The van der Waals surface area contributed by atoms with Gasteiger partial charge in [0.15, 0.2) is 5.17 Å². The number of carbonyl (C=O) groups excluding carboxylic acids is 2. The molecule has 1 heterocycles. The van der Waals surface area contributed by atoms with E-state index in [0.717, 1.165) is 30.0 Å². The number of alkyl halides is 3. The summed E-state index contributed by atoms with van der Waals surface area (Å²) < 4.78 is 60.1. The number of anilines is 1. The van der Waals surface area contributed by atoms with Crippen molar-refractivity contribution in [3.05, 3.63) is 58.9 Å². The Hall–Kier alpha value is -3.39. The average Bonchev–Trinajstić information content (AvgIpc) is 3.00. The first-order valence-electron chi connectivity index (χ1n) is 10.5. The lowest BCUT2D eigenvalue weighted by Crippen LogP contribution is -2.46. The molecule has 1 unspecified atom stereocenters. The van der Waals surface area contributed by atoms with Gasteiger partial charge in [-0.3, -0.25) is 4.79 Å². The largest absolute Gasteiger partial charge is 0.459 e. The molecule has 0 fully saturated rings. The number of esters is 1. The third-order valence-electron chi connectivity index (χ3n) is 5.41. The molecule has 0 spiro atoms. The summed E-state index contributed by atoms with van der Waals surface area (Å²) in [5, 5.41) is 9.02. The van der Waals surface area contributed by atoms with Gasteiger partial charge < -0.3 is 9.64 Å². The summed E-state index contributed by atoms with van der Waals surface area (Å²) in [6.45, 7) is 6.56. The second kappa shape index (κ2) is 9.70.